The third kappa shape index (κ3) is 10.9. The van der Waals surface area contributed by atoms with Crippen LogP contribution >= 0.6 is 11.6 Å². The van der Waals surface area contributed by atoms with E-state index in [1.165, 1.54) is 22.3 Å². The molecule has 0 saturated carbocycles. The van der Waals surface area contributed by atoms with Crippen molar-refractivity contribution in [3.8, 4) is 5.75 Å². The first-order valence-corrected chi connectivity index (χ1v) is 23.6. The number of anilines is 7. The molecule has 15 heteroatoms. The fourth-order valence-corrected chi connectivity index (χ4v) is 8.87. The SMILES string of the molecule is C1=Cc2ncnc(NCc3ccccc3)c2C1.C1=Cc2ncnc(Nc3ccccc3)c2C1.COc1ccc(Nc2ncnc3c2CC=C3)cc1.OC1=Cc2ncnc(N3CCc4ccc(Cl)cc43)c2C1. The molecule has 0 fully saturated rings. The van der Waals surface area contributed by atoms with E-state index in [1.807, 2.05) is 103 Å². The Morgan fingerprint density at radius 3 is 1.76 bits per heavy atom. The van der Waals surface area contributed by atoms with Crippen molar-refractivity contribution < 1.29 is 9.84 Å². The lowest BCUT2D eigenvalue weighted by Crippen LogP contribution is -2.17. The van der Waals surface area contributed by atoms with E-state index in [0.29, 0.717) is 12.2 Å². The van der Waals surface area contributed by atoms with E-state index in [2.05, 4.69) is 97.1 Å². The highest BCUT2D eigenvalue weighted by Crippen LogP contribution is 2.39. The smallest absolute Gasteiger partial charge is 0.140 e. The molecule has 1 aliphatic heterocycles. The number of benzene rings is 4. The summed E-state index contributed by atoms with van der Waals surface area (Å²) in [5.41, 5.74) is 14.0. The summed E-state index contributed by atoms with van der Waals surface area (Å²) in [5.74, 6) is 4.78. The van der Waals surface area contributed by atoms with E-state index in [9.17, 15) is 5.11 Å². The highest BCUT2D eigenvalue weighted by Gasteiger charge is 2.27. The Morgan fingerprint density at radius 1 is 0.592 bits per heavy atom. The molecule has 4 N–H and O–H groups in total. The number of fused-ring (bicyclic) bond motifs is 5. The summed E-state index contributed by atoms with van der Waals surface area (Å²) in [7, 11) is 1.66. The number of hydrogen-bond acceptors (Lipinski definition) is 14. The molecule has 352 valence electrons. The van der Waals surface area contributed by atoms with Gasteiger partial charge in [0.05, 0.1) is 35.6 Å². The highest BCUT2D eigenvalue weighted by molar-refractivity contribution is 6.31. The van der Waals surface area contributed by atoms with Crippen molar-refractivity contribution in [1.82, 2.24) is 39.9 Å². The topological polar surface area (TPSA) is 172 Å². The lowest BCUT2D eigenvalue weighted by molar-refractivity contribution is 0.407. The first-order valence-electron chi connectivity index (χ1n) is 23.3. The molecular weight excluding hydrogens is 908 g/mol. The molecule has 14 nitrogen and oxygen atoms in total. The largest absolute Gasteiger partial charge is 0.512 e. The Balaban J connectivity index is 0.000000110. The van der Waals surface area contributed by atoms with Crippen LogP contribution in [0, 0.1) is 0 Å². The molecule has 4 aromatic heterocycles. The molecular formula is C56H49ClN12O2. The third-order valence-corrected chi connectivity index (χ3v) is 12.5. The summed E-state index contributed by atoms with van der Waals surface area (Å²) >= 11 is 6.11. The van der Waals surface area contributed by atoms with Gasteiger partial charge >= 0.3 is 0 Å². The molecule has 0 spiro atoms. The Labute approximate surface area is 416 Å². The fraction of sp³-hybridized carbons (Fsp3) is 0.143. The average Bonchev–Trinajstić information content (AvgIpc) is 4.28. The van der Waals surface area contributed by atoms with Gasteiger partial charge in [0, 0.05) is 69.9 Å². The summed E-state index contributed by atoms with van der Waals surface area (Å²) < 4.78 is 5.13. The van der Waals surface area contributed by atoms with Crippen molar-refractivity contribution in [2.45, 2.75) is 38.6 Å². The zero-order chi connectivity index (χ0) is 48.4. The van der Waals surface area contributed by atoms with Gasteiger partial charge in [-0.05, 0) is 104 Å². The number of rotatable bonds is 9. The van der Waals surface area contributed by atoms with Crippen molar-refractivity contribution in [3.63, 3.8) is 0 Å². The van der Waals surface area contributed by atoms with Crippen LogP contribution in [0.3, 0.4) is 0 Å². The van der Waals surface area contributed by atoms with E-state index in [4.69, 9.17) is 16.3 Å². The number of nitrogens with zero attached hydrogens (tertiary/aromatic N) is 9. The van der Waals surface area contributed by atoms with E-state index < -0.39 is 0 Å². The molecule has 0 atom stereocenters. The number of hydrogen-bond donors (Lipinski definition) is 4. The maximum absolute atomic E-state index is 9.71. The number of para-hydroxylation sites is 1. The van der Waals surface area contributed by atoms with Gasteiger partial charge in [-0.15, -0.1) is 0 Å². The van der Waals surface area contributed by atoms with Gasteiger partial charge in [-0.25, -0.2) is 39.9 Å². The monoisotopic (exact) mass is 956 g/mol. The van der Waals surface area contributed by atoms with Crippen molar-refractivity contribution in [1.29, 1.82) is 0 Å². The maximum atomic E-state index is 9.71. The van der Waals surface area contributed by atoms with Crippen molar-refractivity contribution in [3.05, 3.63) is 214 Å². The number of aliphatic hydroxyl groups is 1. The van der Waals surface area contributed by atoms with Gasteiger partial charge in [0.1, 0.15) is 54.3 Å². The number of aliphatic hydroxyl groups excluding tert-OH is 1. The van der Waals surface area contributed by atoms with E-state index in [0.717, 1.165) is 124 Å². The van der Waals surface area contributed by atoms with Gasteiger partial charge in [0.15, 0.2) is 0 Å². The normalized spacial score (nSPS) is 13.4. The van der Waals surface area contributed by atoms with E-state index in [1.54, 1.807) is 38.5 Å². The highest BCUT2D eigenvalue weighted by atomic mass is 35.5. The second-order valence-corrected chi connectivity index (χ2v) is 17.2. The fourth-order valence-electron chi connectivity index (χ4n) is 8.70. The standard InChI is InChI=1S/C15H12ClN3O.C14H13N3O.C14H13N3.C13H11N3/c16-10-2-1-9-3-4-19(14(9)5-10)15-12-6-11(20)7-13(12)17-8-18-15;1-18-11-7-5-10(6-8-11)17-14-12-3-2-4-13(12)15-9-16-14;1-2-5-11(6-3-1)9-15-14-12-7-4-8-13(12)16-10-17-14;1-2-5-10(6-3-1)16-13-11-7-4-8-12(11)14-9-15-13/h1-2,5,7-8,20H,3-4,6H2;2,4-9H,3H2,1H3,(H,15,16,17);1-6,8,10H,7,9H2,(H,15,16,17);1-6,8-9H,7H2,(H,14,15,16). The summed E-state index contributed by atoms with van der Waals surface area (Å²) in [4.78, 5) is 36.4. The third-order valence-electron chi connectivity index (χ3n) is 12.2. The van der Waals surface area contributed by atoms with Crippen LogP contribution in [0.2, 0.25) is 5.02 Å². The predicted octanol–water partition coefficient (Wildman–Crippen LogP) is 11.5. The average molecular weight is 958 g/mol. The Bertz CT molecular complexity index is 3290. The first kappa shape index (κ1) is 46.0. The van der Waals surface area contributed by atoms with Crippen molar-refractivity contribution in [2.24, 2.45) is 0 Å². The second-order valence-electron chi connectivity index (χ2n) is 16.8. The zero-order valence-corrected chi connectivity index (χ0v) is 39.6. The number of aromatic nitrogens is 8. The summed E-state index contributed by atoms with van der Waals surface area (Å²) in [5, 5.41) is 20.4. The predicted molar refractivity (Wildman–Crippen MR) is 283 cm³/mol. The number of halogens is 1. The molecule has 71 heavy (non-hydrogen) atoms. The molecule has 0 amide bonds. The second kappa shape index (κ2) is 21.7. The summed E-state index contributed by atoms with van der Waals surface area (Å²) in [6.45, 7) is 1.67. The quantitative estimate of drug-likeness (QED) is 0.108. The van der Waals surface area contributed by atoms with Gasteiger partial charge in [-0.2, -0.15) is 0 Å². The zero-order valence-electron chi connectivity index (χ0n) is 38.9. The van der Waals surface area contributed by atoms with Crippen LogP contribution in [-0.2, 0) is 38.6 Å². The van der Waals surface area contributed by atoms with Crippen LogP contribution in [0.5, 0.6) is 5.75 Å². The first-order chi connectivity index (χ1) is 35.0. The van der Waals surface area contributed by atoms with Crippen molar-refractivity contribution >= 4 is 76.2 Å². The minimum absolute atomic E-state index is 0.340. The molecule has 0 bridgehead atoms. The lowest BCUT2D eigenvalue weighted by atomic mass is 10.1. The van der Waals surface area contributed by atoms with Crippen LogP contribution in [0.4, 0.5) is 40.3 Å². The minimum atomic E-state index is 0.340. The summed E-state index contributed by atoms with van der Waals surface area (Å²) in [6, 6.07) is 34.1. The van der Waals surface area contributed by atoms with E-state index >= 15 is 0 Å². The Hall–Kier alpha value is -8.75. The van der Waals surface area contributed by atoms with Crippen LogP contribution in [0.1, 0.15) is 56.2 Å². The van der Waals surface area contributed by atoms with Crippen LogP contribution in [0.25, 0.3) is 24.3 Å². The molecule has 4 aromatic carbocycles. The Kier molecular flexibility index (Phi) is 14.1. The molecule has 8 aromatic rings. The number of allylic oxidation sites excluding steroid dienone is 4. The number of ether oxygens (including phenoxy) is 1. The maximum Gasteiger partial charge on any atom is 0.140 e. The summed E-state index contributed by atoms with van der Waals surface area (Å²) in [6.07, 6.45) is 24.7. The molecule has 4 aliphatic carbocycles. The molecule has 0 unspecified atom stereocenters. The number of methoxy groups -OCH3 is 1. The van der Waals surface area contributed by atoms with Gasteiger partial charge in [0.2, 0.25) is 0 Å². The van der Waals surface area contributed by atoms with Gasteiger partial charge in [0.25, 0.3) is 0 Å². The molecule has 13 rings (SSSR count). The van der Waals surface area contributed by atoms with Gasteiger partial charge in [-0.1, -0.05) is 84.4 Å². The van der Waals surface area contributed by atoms with Gasteiger partial charge in [-0.3, -0.25) is 0 Å². The Morgan fingerprint density at radius 2 is 1.14 bits per heavy atom. The molecule has 0 saturated heterocycles. The lowest BCUT2D eigenvalue weighted by Gasteiger charge is -2.21. The van der Waals surface area contributed by atoms with Crippen molar-refractivity contribution in [2.75, 3.05) is 34.5 Å². The van der Waals surface area contributed by atoms with E-state index in [-0.39, 0.29) is 0 Å². The molecule has 5 heterocycles. The van der Waals surface area contributed by atoms with Crippen LogP contribution in [0.15, 0.2) is 152 Å². The van der Waals surface area contributed by atoms with Crippen LogP contribution in [-0.4, -0.2) is 58.6 Å². The molecule has 0 radical (unpaired) electrons. The minimum Gasteiger partial charge on any atom is -0.512 e. The molecule has 5 aliphatic rings. The van der Waals surface area contributed by atoms with Gasteiger partial charge < -0.3 is 30.7 Å². The number of nitrogens with one attached hydrogen (secondary N) is 3. The van der Waals surface area contributed by atoms with Crippen LogP contribution < -0.4 is 25.6 Å².